The Bertz CT molecular complexity index is 847. The van der Waals surface area contributed by atoms with E-state index < -0.39 is 18.0 Å². The Morgan fingerprint density at radius 3 is 2.14 bits per heavy atom. The second-order valence-electron chi connectivity index (χ2n) is 7.74. The van der Waals surface area contributed by atoms with E-state index in [0.717, 1.165) is 31.2 Å². The number of benzene rings is 2. The molecule has 3 rings (SSSR count). The Hall–Kier alpha value is -2.29. The molecule has 2 atom stereocenters. The lowest BCUT2D eigenvalue weighted by molar-refractivity contribution is 0.0457. The maximum absolute atomic E-state index is 15.2. The predicted octanol–water partition coefficient (Wildman–Crippen LogP) is 7.48. The predicted molar refractivity (Wildman–Crippen MR) is 115 cm³/mol. The van der Waals surface area contributed by atoms with E-state index in [4.69, 9.17) is 0 Å². The Labute approximate surface area is 172 Å². The van der Waals surface area contributed by atoms with Gasteiger partial charge in [-0.25, -0.2) is 13.2 Å². The maximum atomic E-state index is 15.2. The van der Waals surface area contributed by atoms with Gasteiger partial charge in [-0.3, -0.25) is 0 Å². The van der Waals surface area contributed by atoms with Gasteiger partial charge in [0.2, 0.25) is 0 Å². The van der Waals surface area contributed by atoms with E-state index in [-0.39, 0.29) is 0 Å². The van der Waals surface area contributed by atoms with E-state index in [1.54, 1.807) is 24.3 Å². The second kappa shape index (κ2) is 9.47. The molecule has 3 heteroatoms. The Morgan fingerprint density at radius 1 is 0.897 bits per heavy atom. The molecule has 0 N–H and O–H groups in total. The van der Waals surface area contributed by atoms with E-state index in [2.05, 4.69) is 6.92 Å². The molecule has 2 unspecified atom stereocenters. The van der Waals surface area contributed by atoms with Crippen LogP contribution in [0.15, 0.2) is 66.8 Å². The normalized spacial score (nSPS) is 21.4. The summed E-state index contributed by atoms with van der Waals surface area (Å²) in [6.07, 6.45) is 4.98. The molecule has 1 aliphatic carbocycles. The highest BCUT2D eigenvalue weighted by molar-refractivity contribution is 5.80. The summed E-state index contributed by atoms with van der Waals surface area (Å²) in [5, 5.41) is 0. The van der Waals surface area contributed by atoms with Crippen molar-refractivity contribution in [2.45, 2.75) is 64.0 Å². The molecule has 0 radical (unpaired) electrons. The Morgan fingerprint density at radius 2 is 1.55 bits per heavy atom. The van der Waals surface area contributed by atoms with Gasteiger partial charge in [0.15, 0.2) is 0 Å². The van der Waals surface area contributed by atoms with Crippen molar-refractivity contribution in [3.8, 4) is 0 Å². The van der Waals surface area contributed by atoms with E-state index >= 15 is 4.39 Å². The monoisotopic (exact) mass is 398 g/mol. The van der Waals surface area contributed by atoms with E-state index in [9.17, 15) is 8.78 Å². The average molecular weight is 399 g/mol. The number of hydrogen-bond donors (Lipinski definition) is 0. The van der Waals surface area contributed by atoms with Gasteiger partial charge in [0.1, 0.15) is 11.6 Å². The summed E-state index contributed by atoms with van der Waals surface area (Å²) < 4.78 is 44.4. The number of unbranched alkanes of at least 4 members (excludes halogenated alkanes) is 2. The lowest BCUT2D eigenvalue weighted by Crippen LogP contribution is -2.45. The van der Waals surface area contributed by atoms with Crippen molar-refractivity contribution < 1.29 is 13.2 Å². The Kier molecular flexibility index (Phi) is 7.00. The topological polar surface area (TPSA) is 0 Å². The minimum atomic E-state index is -2.87. The molecule has 0 amide bonds. The van der Waals surface area contributed by atoms with Gasteiger partial charge in [-0.15, -0.1) is 0 Å². The van der Waals surface area contributed by atoms with Crippen LogP contribution >= 0.6 is 0 Å². The molecule has 0 aliphatic heterocycles. The lowest BCUT2D eigenvalue weighted by Gasteiger charge is -2.39. The SMILES string of the molecule is CCCCCc1ccc(C2=CC=CC(F)C2(c2ccc(CC)cc2)C(F)F)cc1. The van der Waals surface area contributed by atoms with Gasteiger partial charge in [0.05, 0.1) is 0 Å². The van der Waals surface area contributed by atoms with E-state index in [1.807, 2.05) is 43.3 Å². The third-order valence-electron chi connectivity index (χ3n) is 5.94. The molecule has 0 fully saturated rings. The molecule has 0 saturated heterocycles. The van der Waals surface area contributed by atoms with Crippen molar-refractivity contribution in [2.24, 2.45) is 0 Å². The second-order valence-corrected chi connectivity index (χ2v) is 7.74. The third-order valence-corrected chi connectivity index (χ3v) is 5.94. The molecule has 0 heterocycles. The number of halogens is 3. The maximum Gasteiger partial charge on any atom is 0.255 e. The van der Waals surface area contributed by atoms with Crippen molar-refractivity contribution in [1.29, 1.82) is 0 Å². The largest absolute Gasteiger partial charge is 0.255 e. The smallest absolute Gasteiger partial charge is 0.241 e. The van der Waals surface area contributed by atoms with Crippen LogP contribution in [0, 0.1) is 0 Å². The summed E-state index contributed by atoms with van der Waals surface area (Å²) in [4.78, 5) is 0. The summed E-state index contributed by atoms with van der Waals surface area (Å²) in [6, 6.07) is 14.6. The molecular weight excluding hydrogens is 369 g/mol. The Balaban J connectivity index is 2.02. The minimum absolute atomic E-state index is 0.319. The quantitative estimate of drug-likeness (QED) is 0.404. The lowest BCUT2D eigenvalue weighted by atomic mass is 9.66. The van der Waals surface area contributed by atoms with Crippen LogP contribution in [0.3, 0.4) is 0 Å². The zero-order valence-corrected chi connectivity index (χ0v) is 17.2. The van der Waals surface area contributed by atoms with Gasteiger partial charge >= 0.3 is 0 Å². The highest BCUT2D eigenvalue weighted by Crippen LogP contribution is 2.49. The van der Waals surface area contributed by atoms with Gasteiger partial charge in [0, 0.05) is 0 Å². The van der Waals surface area contributed by atoms with Crippen LogP contribution < -0.4 is 0 Å². The van der Waals surface area contributed by atoms with Gasteiger partial charge in [-0.05, 0) is 53.2 Å². The van der Waals surface area contributed by atoms with Crippen LogP contribution in [-0.4, -0.2) is 12.6 Å². The summed E-state index contributed by atoms with van der Waals surface area (Å²) in [5.74, 6) is 0. The van der Waals surface area contributed by atoms with Gasteiger partial charge < -0.3 is 0 Å². The number of hydrogen-bond acceptors (Lipinski definition) is 0. The standard InChI is InChI=1S/C26H29F3/c1-3-5-6-8-20-11-15-21(16-12-20)23-9-7-10-24(27)26(23,25(28)29)22-17-13-19(4-2)14-18-22/h7,9-18,24-25H,3-6,8H2,1-2H3. The van der Waals surface area contributed by atoms with Crippen LogP contribution in [-0.2, 0) is 18.3 Å². The number of alkyl halides is 3. The van der Waals surface area contributed by atoms with Gasteiger partial charge in [-0.2, -0.15) is 0 Å². The molecule has 2 aromatic rings. The fourth-order valence-electron chi connectivity index (χ4n) is 4.15. The molecule has 0 bridgehead atoms. The highest BCUT2D eigenvalue weighted by Gasteiger charge is 2.52. The summed E-state index contributed by atoms with van der Waals surface area (Å²) in [5.41, 5.74) is 1.54. The van der Waals surface area contributed by atoms with Crippen LogP contribution in [0.2, 0.25) is 0 Å². The van der Waals surface area contributed by atoms with Gasteiger partial charge in [0.25, 0.3) is 6.43 Å². The minimum Gasteiger partial charge on any atom is -0.241 e. The molecule has 29 heavy (non-hydrogen) atoms. The molecular formula is C26H29F3. The molecule has 1 aliphatic rings. The summed E-state index contributed by atoms with van der Waals surface area (Å²) >= 11 is 0. The fourth-order valence-corrected chi connectivity index (χ4v) is 4.15. The highest BCUT2D eigenvalue weighted by atomic mass is 19.3. The average Bonchev–Trinajstić information content (AvgIpc) is 2.74. The molecule has 0 nitrogen and oxygen atoms in total. The zero-order chi connectivity index (χ0) is 20.9. The van der Waals surface area contributed by atoms with Crippen LogP contribution in [0.25, 0.3) is 5.57 Å². The van der Waals surface area contributed by atoms with E-state index in [0.29, 0.717) is 16.7 Å². The van der Waals surface area contributed by atoms with Crippen LogP contribution in [0.5, 0.6) is 0 Å². The molecule has 0 spiro atoms. The first-order valence-electron chi connectivity index (χ1n) is 10.5. The number of allylic oxidation sites excluding steroid dienone is 4. The first-order chi connectivity index (χ1) is 14.0. The molecule has 2 aromatic carbocycles. The number of aryl methyl sites for hydroxylation is 2. The first-order valence-corrected chi connectivity index (χ1v) is 10.5. The third kappa shape index (κ3) is 4.19. The molecule has 0 aromatic heterocycles. The zero-order valence-electron chi connectivity index (χ0n) is 17.2. The van der Waals surface area contributed by atoms with Crippen molar-refractivity contribution >= 4 is 5.57 Å². The van der Waals surface area contributed by atoms with Crippen molar-refractivity contribution in [3.63, 3.8) is 0 Å². The fraction of sp³-hybridized carbons (Fsp3) is 0.385. The molecule has 0 saturated carbocycles. The van der Waals surface area contributed by atoms with Crippen LogP contribution in [0.4, 0.5) is 13.2 Å². The van der Waals surface area contributed by atoms with E-state index in [1.165, 1.54) is 18.1 Å². The van der Waals surface area contributed by atoms with Gasteiger partial charge in [-0.1, -0.05) is 87.4 Å². The van der Waals surface area contributed by atoms with Crippen LogP contribution in [0.1, 0.15) is 55.4 Å². The summed E-state index contributed by atoms with van der Waals surface area (Å²) in [7, 11) is 0. The van der Waals surface area contributed by atoms with Crippen molar-refractivity contribution in [2.75, 3.05) is 0 Å². The molecule has 154 valence electrons. The number of rotatable bonds is 8. The van der Waals surface area contributed by atoms with Crippen molar-refractivity contribution in [3.05, 3.63) is 89.0 Å². The van der Waals surface area contributed by atoms with Crippen molar-refractivity contribution in [1.82, 2.24) is 0 Å². The summed E-state index contributed by atoms with van der Waals surface area (Å²) in [6.45, 7) is 4.17. The first kappa shape index (κ1) is 21.4.